The van der Waals surface area contributed by atoms with E-state index in [-0.39, 0.29) is 0 Å². The number of nitrogens with one attached hydrogen (secondary N) is 2. The first-order valence-electron chi connectivity index (χ1n) is 9.01. The SMILES string of the molecule is COc1cc(NC2CN3CCC2CC3)ccc1NC(=O)OC(C)(C)C. The van der Waals surface area contributed by atoms with Gasteiger partial charge in [0, 0.05) is 24.3 Å². The first-order chi connectivity index (χ1) is 11.8. The number of hydrogen-bond acceptors (Lipinski definition) is 5. The molecule has 3 saturated heterocycles. The van der Waals surface area contributed by atoms with E-state index < -0.39 is 11.7 Å². The van der Waals surface area contributed by atoms with E-state index in [1.165, 1.54) is 25.9 Å². The van der Waals surface area contributed by atoms with Gasteiger partial charge in [-0.25, -0.2) is 4.79 Å². The number of hydrogen-bond donors (Lipinski definition) is 2. The lowest BCUT2D eigenvalue weighted by Crippen LogP contribution is -2.53. The van der Waals surface area contributed by atoms with Gasteiger partial charge in [-0.1, -0.05) is 0 Å². The summed E-state index contributed by atoms with van der Waals surface area (Å²) in [7, 11) is 1.60. The lowest BCUT2D eigenvalue weighted by atomic mass is 9.84. The molecule has 3 heterocycles. The maximum atomic E-state index is 12.0. The van der Waals surface area contributed by atoms with Crippen molar-refractivity contribution in [3.8, 4) is 5.75 Å². The van der Waals surface area contributed by atoms with Crippen molar-refractivity contribution in [2.45, 2.75) is 45.3 Å². The number of amides is 1. The molecule has 1 aromatic carbocycles. The molecule has 0 spiro atoms. The first-order valence-corrected chi connectivity index (χ1v) is 9.01. The Balaban J connectivity index is 1.66. The van der Waals surface area contributed by atoms with Gasteiger partial charge in [-0.05, 0) is 64.8 Å². The van der Waals surface area contributed by atoms with Gasteiger partial charge in [0.25, 0.3) is 0 Å². The van der Waals surface area contributed by atoms with Gasteiger partial charge in [0.05, 0.1) is 12.8 Å². The Kier molecular flexibility index (Phi) is 5.08. The number of benzene rings is 1. The number of fused-ring (bicyclic) bond motifs is 3. The molecule has 1 amide bonds. The zero-order valence-electron chi connectivity index (χ0n) is 15.6. The van der Waals surface area contributed by atoms with Gasteiger partial charge in [0.2, 0.25) is 0 Å². The van der Waals surface area contributed by atoms with E-state index in [9.17, 15) is 4.79 Å². The van der Waals surface area contributed by atoms with E-state index in [1.807, 2.05) is 39.0 Å². The van der Waals surface area contributed by atoms with E-state index in [0.717, 1.165) is 18.2 Å². The molecule has 3 aliphatic rings. The normalized spacial score (nSPS) is 25.4. The lowest BCUT2D eigenvalue weighted by molar-refractivity contribution is 0.0635. The van der Waals surface area contributed by atoms with Crippen LogP contribution in [-0.4, -0.2) is 49.4 Å². The van der Waals surface area contributed by atoms with Crippen molar-refractivity contribution in [2.24, 2.45) is 5.92 Å². The van der Waals surface area contributed by atoms with Crippen LogP contribution >= 0.6 is 0 Å². The second kappa shape index (κ2) is 7.12. The number of methoxy groups -OCH3 is 1. The summed E-state index contributed by atoms with van der Waals surface area (Å²) >= 11 is 0. The van der Waals surface area contributed by atoms with Crippen molar-refractivity contribution in [2.75, 3.05) is 37.4 Å². The summed E-state index contributed by atoms with van der Waals surface area (Å²) in [5.41, 5.74) is 1.09. The number of carbonyl (C=O) groups excluding carboxylic acids is 1. The average Bonchev–Trinajstić information content (AvgIpc) is 2.55. The Morgan fingerprint density at radius 2 is 1.96 bits per heavy atom. The van der Waals surface area contributed by atoms with E-state index in [0.29, 0.717) is 17.5 Å². The number of ether oxygens (including phenoxy) is 2. The fourth-order valence-corrected chi connectivity index (χ4v) is 3.64. The number of carbonyl (C=O) groups is 1. The van der Waals surface area contributed by atoms with Crippen LogP contribution in [-0.2, 0) is 4.74 Å². The van der Waals surface area contributed by atoms with Gasteiger partial charge in [-0.3, -0.25) is 5.32 Å². The summed E-state index contributed by atoms with van der Waals surface area (Å²) < 4.78 is 10.7. The maximum absolute atomic E-state index is 12.0. The molecule has 1 aromatic rings. The largest absolute Gasteiger partial charge is 0.494 e. The highest BCUT2D eigenvalue weighted by Crippen LogP contribution is 2.33. The Hall–Kier alpha value is -1.95. The summed E-state index contributed by atoms with van der Waals surface area (Å²) in [6, 6.07) is 6.25. The lowest BCUT2D eigenvalue weighted by Gasteiger charge is -2.45. The molecule has 2 bridgehead atoms. The molecule has 25 heavy (non-hydrogen) atoms. The number of piperidine rings is 3. The monoisotopic (exact) mass is 347 g/mol. The Morgan fingerprint density at radius 3 is 2.52 bits per heavy atom. The van der Waals surface area contributed by atoms with Crippen molar-refractivity contribution >= 4 is 17.5 Å². The molecular formula is C19H29N3O3. The highest BCUT2D eigenvalue weighted by molar-refractivity contribution is 5.87. The summed E-state index contributed by atoms with van der Waals surface area (Å²) in [5, 5.41) is 6.39. The second-order valence-corrected chi connectivity index (χ2v) is 7.93. The molecule has 2 N–H and O–H groups in total. The predicted molar refractivity (Wildman–Crippen MR) is 99.4 cm³/mol. The van der Waals surface area contributed by atoms with Crippen LogP contribution in [0.4, 0.5) is 16.2 Å². The second-order valence-electron chi connectivity index (χ2n) is 7.93. The third-order valence-corrected chi connectivity index (χ3v) is 4.85. The molecule has 4 rings (SSSR count). The Morgan fingerprint density at radius 1 is 1.24 bits per heavy atom. The molecule has 3 fully saturated rings. The van der Waals surface area contributed by atoms with Crippen LogP contribution in [0.1, 0.15) is 33.6 Å². The van der Waals surface area contributed by atoms with E-state index in [1.54, 1.807) is 7.11 Å². The standard InChI is InChI=1S/C19H29N3O3/c1-19(2,3)25-18(23)21-15-6-5-14(11-17(15)24-4)20-16-12-22-9-7-13(16)8-10-22/h5-6,11,13,16,20H,7-10,12H2,1-4H3,(H,21,23). The molecule has 0 saturated carbocycles. The zero-order chi connectivity index (χ0) is 18.0. The van der Waals surface area contributed by atoms with Gasteiger partial charge in [-0.15, -0.1) is 0 Å². The third-order valence-electron chi connectivity index (χ3n) is 4.85. The van der Waals surface area contributed by atoms with Crippen molar-refractivity contribution in [3.63, 3.8) is 0 Å². The molecule has 0 aliphatic carbocycles. The van der Waals surface area contributed by atoms with Crippen molar-refractivity contribution in [3.05, 3.63) is 18.2 Å². The fraction of sp³-hybridized carbons (Fsp3) is 0.632. The molecule has 1 atom stereocenters. The van der Waals surface area contributed by atoms with E-state index >= 15 is 0 Å². The average molecular weight is 347 g/mol. The van der Waals surface area contributed by atoms with Crippen molar-refractivity contribution in [1.29, 1.82) is 0 Å². The van der Waals surface area contributed by atoms with Gasteiger partial charge < -0.3 is 19.7 Å². The minimum Gasteiger partial charge on any atom is -0.494 e. The summed E-state index contributed by atoms with van der Waals surface area (Å²) in [6.07, 6.45) is 2.06. The van der Waals surface area contributed by atoms with E-state index in [2.05, 4.69) is 15.5 Å². The summed E-state index contributed by atoms with van der Waals surface area (Å²) in [5.74, 6) is 1.37. The van der Waals surface area contributed by atoms with Gasteiger partial charge in [0.1, 0.15) is 11.4 Å². The molecule has 1 unspecified atom stereocenters. The van der Waals surface area contributed by atoms with Crippen LogP contribution in [0.2, 0.25) is 0 Å². The number of anilines is 2. The fourth-order valence-electron chi connectivity index (χ4n) is 3.64. The highest BCUT2D eigenvalue weighted by Gasteiger charge is 2.34. The quantitative estimate of drug-likeness (QED) is 0.872. The maximum Gasteiger partial charge on any atom is 0.412 e. The van der Waals surface area contributed by atoms with Gasteiger partial charge in [-0.2, -0.15) is 0 Å². The zero-order valence-corrected chi connectivity index (χ0v) is 15.6. The predicted octanol–water partition coefficient (Wildman–Crippen LogP) is 3.55. The van der Waals surface area contributed by atoms with Crippen molar-refractivity contribution < 1.29 is 14.3 Å². The molecule has 3 aliphatic heterocycles. The molecule has 0 radical (unpaired) electrons. The topological polar surface area (TPSA) is 62.8 Å². The van der Waals surface area contributed by atoms with Gasteiger partial charge in [0.15, 0.2) is 0 Å². The number of nitrogens with zero attached hydrogens (tertiary/aromatic N) is 1. The van der Waals surface area contributed by atoms with E-state index in [4.69, 9.17) is 9.47 Å². The Labute approximate surface area is 149 Å². The smallest absolute Gasteiger partial charge is 0.412 e. The van der Waals surface area contributed by atoms with Crippen LogP contribution in [0.3, 0.4) is 0 Å². The first kappa shape index (κ1) is 17.9. The minimum atomic E-state index is -0.533. The number of rotatable bonds is 4. The van der Waals surface area contributed by atoms with Crippen LogP contribution in [0, 0.1) is 5.92 Å². The van der Waals surface area contributed by atoms with Crippen LogP contribution in [0.15, 0.2) is 18.2 Å². The minimum absolute atomic E-state index is 0.483. The highest BCUT2D eigenvalue weighted by atomic mass is 16.6. The summed E-state index contributed by atoms with van der Waals surface area (Å²) in [4.78, 5) is 14.5. The molecule has 6 nitrogen and oxygen atoms in total. The molecule has 138 valence electrons. The Bertz CT molecular complexity index is 619. The van der Waals surface area contributed by atoms with Crippen LogP contribution in [0.25, 0.3) is 0 Å². The third kappa shape index (κ3) is 4.57. The molecule has 6 heteroatoms. The summed E-state index contributed by atoms with van der Waals surface area (Å²) in [6.45, 7) is 9.07. The van der Waals surface area contributed by atoms with Gasteiger partial charge >= 0.3 is 6.09 Å². The molecular weight excluding hydrogens is 318 g/mol. The van der Waals surface area contributed by atoms with Crippen molar-refractivity contribution in [1.82, 2.24) is 4.90 Å². The molecule has 0 aromatic heterocycles. The van der Waals surface area contributed by atoms with Crippen LogP contribution in [0.5, 0.6) is 5.75 Å². The van der Waals surface area contributed by atoms with Crippen LogP contribution < -0.4 is 15.4 Å².